The largest absolute Gasteiger partial charge is 0.277 e. The molecule has 0 bridgehead atoms. The van der Waals surface area contributed by atoms with Crippen LogP contribution in [0.15, 0.2) is 109 Å². The number of pyridine rings is 2. The summed E-state index contributed by atoms with van der Waals surface area (Å²) < 4.78 is 4.47. The summed E-state index contributed by atoms with van der Waals surface area (Å²) >= 11 is 0. The van der Waals surface area contributed by atoms with Crippen LogP contribution in [0.3, 0.4) is 0 Å². The zero-order chi connectivity index (χ0) is 23.7. The van der Waals surface area contributed by atoms with Crippen LogP contribution in [0, 0.1) is 13.8 Å². The normalized spacial score (nSPS) is 10.9. The van der Waals surface area contributed by atoms with Crippen molar-refractivity contribution in [2.75, 3.05) is 0 Å². The van der Waals surface area contributed by atoms with E-state index >= 15 is 0 Å². The van der Waals surface area contributed by atoms with Crippen molar-refractivity contribution < 1.29 is 9.13 Å². The summed E-state index contributed by atoms with van der Waals surface area (Å²) in [7, 11) is 4.25. The molecule has 0 atom stereocenters. The molecule has 0 saturated heterocycles. The maximum atomic E-state index is 2.34. The Kier molecular flexibility index (Phi) is 5.81. The minimum Gasteiger partial charge on any atom is -0.196 e. The summed E-state index contributed by atoms with van der Waals surface area (Å²) in [5, 5.41) is 0. The lowest BCUT2D eigenvalue weighted by atomic mass is 9.93. The smallest absolute Gasteiger partial charge is 0.196 e. The van der Waals surface area contributed by atoms with Gasteiger partial charge in [-0.25, -0.2) is 0 Å². The first-order valence-corrected chi connectivity index (χ1v) is 11.7. The third-order valence-electron chi connectivity index (χ3n) is 6.71. The van der Waals surface area contributed by atoms with Crippen LogP contribution in [0.1, 0.15) is 11.1 Å². The maximum absolute atomic E-state index is 2.34. The van der Waals surface area contributed by atoms with Gasteiger partial charge in [0.2, 0.25) is 5.69 Å². The van der Waals surface area contributed by atoms with Gasteiger partial charge in [-0.15, -0.1) is 0 Å². The number of nitrogens with zero attached hydrogens (tertiary/aromatic N) is 2. The molecule has 0 aliphatic heterocycles. The van der Waals surface area contributed by atoms with E-state index in [-0.39, 0.29) is 0 Å². The second-order valence-corrected chi connectivity index (χ2v) is 8.98. The molecule has 0 unspecified atom stereocenters. The van der Waals surface area contributed by atoms with Crippen LogP contribution in [-0.2, 0) is 14.1 Å². The van der Waals surface area contributed by atoms with Crippen LogP contribution in [0.2, 0.25) is 0 Å². The Morgan fingerprint density at radius 2 is 1.18 bits per heavy atom. The van der Waals surface area contributed by atoms with E-state index in [0.717, 1.165) is 0 Å². The van der Waals surface area contributed by atoms with E-state index in [4.69, 9.17) is 0 Å². The van der Waals surface area contributed by atoms with Gasteiger partial charge in [0.25, 0.3) is 11.4 Å². The standard InChI is InChI=1S/C32H30N2/c1-23-16-17-27(28-19-18-26(21-24(28)2)25-11-6-5-7-12-25)22-29(23)30-14-10-15-32(34(30)4)31-13-8-9-20-33(31)3/h5-22H,1-4H3/q+2. The molecule has 2 aromatic heterocycles. The van der Waals surface area contributed by atoms with Gasteiger partial charge >= 0.3 is 0 Å². The SMILES string of the molecule is Cc1cc(-c2ccccc2)ccc1-c1ccc(C)c(-c2cccc(-c3cccc[n+]3C)[n+]2C)c1. The van der Waals surface area contributed by atoms with E-state index in [1.165, 1.54) is 56.0 Å². The Morgan fingerprint density at radius 1 is 0.471 bits per heavy atom. The first kappa shape index (κ1) is 21.8. The van der Waals surface area contributed by atoms with Gasteiger partial charge in [0.1, 0.15) is 14.1 Å². The van der Waals surface area contributed by atoms with E-state index < -0.39 is 0 Å². The molecule has 0 amide bonds. The highest BCUT2D eigenvalue weighted by Gasteiger charge is 2.23. The molecule has 5 aromatic rings. The van der Waals surface area contributed by atoms with Crippen LogP contribution in [0.4, 0.5) is 0 Å². The molecule has 2 nitrogen and oxygen atoms in total. The van der Waals surface area contributed by atoms with Gasteiger partial charge in [0.15, 0.2) is 6.20 Å². The van der Waals surface area contributed by atoms with Gasteiger partial charge in [-0.1, -0.05) is 60.7 Å². The van der Waals surface area contributed by atoms with Crippen molar-refractivity contribution in [2.24, 2.45) is 14.1 Å². The molecule has 0 N–H and O–H groups in total. The highest BCUT2D eigenvalue weighted by atomic mass is 15.0. The summed E-state index contributed by atoms with van der Waals surface area (Å²) in [6.07, 6.45) is 2.09. The number of benzene rings is 3. The third-order valence-corrected chi connectivity index (χ3v) is 6.71. The molecule has 0 saturated carbocycles. The monoisotopic (exact) mass is 442 g/mol. The Labute approximate surface area is 202 Å². The lowest BCUT2D eigenvalue weighted by Crippen LogP contribution is -2.39. The second kappa shape index (κ2) is 9.07. The molecule has 0 aliphatic rings. The molecule has 0 spiro atoms. The van der Waals surface area contributed by atoms with E-state index in [1.54, 1.807) is 0 Å². The van der Waals surface area contributed by atoms with Gasteiger partial charge in [0, 0.05) is 29.8 Å². The molecular formula is C32H30N2+2. The average Bonchev–Trinajstić information content (AvgIpc) is 2.86. The molecule has 0 radical (unpaired) electrons. The first-order chi connectivity index (χ1) is 16.5. The highest BCUT2D eigenvalue weighted by molar-refractivity contribution is 5.77. The summed E-state index contributed by atoms with van der Waals surface area (Å²) in [5.74, 6) is 0. The number of hydrogen-bond donors (Lipinski definition) is 0. The lowest BCUT2D eigenvalue weighted by Gasteiger charge is -2.12. The van der Waals surface area contributed by atoms with E-state index in [9.17, 15) is 0 Å². The van der Waals surface area contributed by atoms with Crippen LogP contribution in [0.5, 0.6) is 0 Å². The van der Waals surface area contributed by atoms with Crippen LogP contribution >= 0.6 is 0 Å². The highest BCUT2D eigenvalue weighted by Crippen LogP contribution is 2.32. The molecule has 2 heterocycles. The number of rotatable bonds is 4. The van der Waals surface area contributed by atoms with E-state index in [0.29, 0.717) is 0 Å². The van der Waals surface area contributed by atoms with Crippen molar-refractivity contribution >= 4 is 0 Å². The number of aromatic nitrogens is 2. The Balaban J connectivity index is 1.59. The van der Waals surface area contributed by atoms with Gasteiger partial charge in [0.05, 0.1) is 0 Å². The van der Waals surface area contributed by atoms with E-state index in [1.807, 2.05) is 0 Å². The fourth-order valence-electron chi connectivity index (χ4n) is 4.76. The minimum atomic E-state index is 1.19. The molecule has 0 fully saturated rings. The second-order valence-electron chi connectivity index (χ2n) is 8.98. The zero-order valence-electron chi connectivity index (χ0n) is 20.3. The average molecular weight is 443 g/mol. The van der Waals surface area contributed by atoms with Gasteiger partial charge in [-0.3, -0.25) is 0 Å². The van der Waals surface area contributed by atoms with Crippen LogP contribution in [-0.4, -0.2) is 0 Å². The van der Waals surface area contributed by atoms with Crippen LogP contribution in [0.25, 0.3) is 44.9 Å². The Morgan fingerprint density at radius 3 is 1.94 bits per heavy atom. The predicted octanol–water partition coefficient (Wildman–Crippen LogP) is 6.62. The van der Waals surface area contributed by atoms with Crippen LogP contribution < -0.4 is 9.13 Å². The fraction of sp³-hybridized carbons (Fsp3) is 0.125. The molecular weight excluding hydrogens is 412 g/mol. The van der Waals surface area contributed by atoms with Crippen molar-refractivity contribution in [3.8, 4) is 44.9 Å². The summed E-state index contributed by atoms with van der Waals surface area (Å²) in [5.41, 5.74) is 12.4. The third kappa shape index (κ3) is 4.04. The van der Waals surface area contributed by atoms with Crippen molar-refractivity contribution in [1.29, 1.82) is 0 Å². The molecule has 166 valence electrons. The van der Waals surface area contributed by atoms with E-state index in [2.05, 4.69) is 146 Å². The summed E-state index contributed by atoms with van der Waals surface area (Å²) in [4.78, 5) is 0. The van der Waals surface area contributed by atoms with Gasteiger partial charge < -0.3 is 0 Å². The summed E-state index contributed by atoms with van der Waals surface area (Å²) in [6.45, 7) is 4.40. The van der Waals surface area contributed by atoms with Gasteiger partial charge in [-0.05, 0) is 65.4 Å². The van der Waals surface area contributed by atoms with Crippen molar-refractivity contribution in [1.82, 2.24) is 0 Å². The molecule has 34 heavy (non-hydrogen) atoms. The molecule has 5 rings (SSSR count). The molecule has 3 aromatic carbocycles. The number of aryl methyl sites for hydroxylation is 3. The molecule has 2 heteroatoms. The lowest BCUT2D eigenvalue weighted by molar-refractivity contribution is -0.685. The van der Waals surface area contributed by atoms with Crippen molar-refractivity contribution in [3.63, 3.8) is 0 Å². The van der Waals surface area contributed by atoms with Crippen molar-refractivity contribution in [2.45, 2.75) is 13.8 Å². The van der Waals surface area contributed by atoms with Gasteiger partial charge in [-0.2, -0.15) is 9.13 Å². The molecule has 0 aliphatic carbocycles. The van der Waals surface area contributed by atoms with Crippen molar-refractivity contribution in [3.05, 3.63) is 120 Å². The summed E-state index contributed by atoms with van der Waals surface area (Å²) in [6, 6.07) is 37.0. The first-order valence-electron chi connectivity index (χ1n) is 11.7. The fourth-order valence-corrected chi connectivity index (χ4v) is 4.76. The minimum absolute atomic E-state index is 1.19. The Hall–Kier alpha value is -4.04. The predicted molar refractivity (Wildman–Crippen MR) is 140 cm³/mol. The quantitative estimate of drug-likeness (QED) is 0.276. The maximum Gasteiger partial charge on any atom is 0.277 e. The number of hydrogen-bond acceptors (Lipinski definition) is 0. The Bertz CT molecular complexity index is 1480. The topological polar surface area (TPSA) is 7.76 Å². The zero-order valence-corrected chi connectivity index (χ0v) is 20.3.